The van der Waals surface area contributed by atoms with E-state index in [-0.39, 0.29) is 35.1 Å². The molecule has 0 atom stereocenters. The average molecular weight is 517 g/mol. The van der Waals surface area contributed by atoms with Gasteiger partial charge in [0.05, 0.1) is 5.75 Å². The molecule has 0 bridgehead atoms. The molecule has 6 nitrogen and oxygen atoms in total. The lowest BCUT2D eigenvalue weighted by atomic mass is 9.90. The number of unbranched alkanes of at least 4 members (excludes halogenated alkanes) is 1. The van der Waals surface area contributed by atoms with Crippen LogP contribution in [0.15, 0.2) is 4.99 Å². The molecule has 8 heteroatoms. The Morgan fingerprint density at radius 3 is 2.37 bits per heavy atom. The van der Waals surface area contributed by atoms with Crippen LogP contribution in [0.2, 0.25) is 0 Å². The van der Waals surface area contributed by atoms with Crippen molar-refractivity contribution in [2.24, 2.45) is 10.4 Å². The van der Waals surface area contributed by atoms with E-state index in [4.69, 9.17) is 4.99 Å². The minimum absolute atomic E-state index is 0. The number of likely N-dealkylation sites (tertiary alicyclic amines) is 1. The van der Waals surface area contributed by atoms with Gasteiger partial charge in [0.15, 0.2) is 5.96 Å². The van der Waals surface area contributed by atoms with Crippen LogP contribution < -0.4 is 10.6 Å². The van der Waals surface area contributed by atoms with Gasteiger partial charge in [-0.1, -0.05) is 27.2 Å². The van der Waals surface area contributed by atoms with Crippen LogP contribution in [0.1, 0.15) is 59.8 Å². The van der Waals surface area contributed by atoms with Gasteiger partial charge in [0, 0.05) is 38.5 Å². The summed E-state index contributed by atoms with van der Waals surface area (Å²) in [5, 5.41) is 6.90. The van der Waals surface area contributed by atoms with E-state index < -0.39 is 9.84 Å². The number of guanidine groups is 1. The van der Waals surface area contributed by atoms with Crippen molar-refractivity contribution < 1.29 is 8.42 Å². The molecule has 0 unspecified atom stereocenters. The van der Waals surface area contributed by atoms with Crippen molar-refractivity contribution in [1.82, 2.24) is 15.5 Å². The topological polar surface area (TPSA) is 73.8 Å². The Morgan fingerprint density at radius 1 is 1.22 bits per heavy atom. The van der Waals surface area contributed by atoms with E-state index >= 15 is 0 Å². The third-order valence-corrected chi connectivity index (χ3v) is 5.86. The molecule has 0 saturated carbocycles. The van der Waals surface area contributed by atoms with Gasteiger partial charge in [-0.2, -0.15) is 0 Å². The van der Waals surface area contributed by atoms with Crippen LogP contribution in [0.4, 0.5) is 0 Å². The normalized spacial score (nSPS) is 17.4. The first-order chi connectivity index (χ1) is 12.1. The first kappa shape index (κ1) is 26.9. The van der Waals surface area contributed by atoms with Gasteiger partial charge in [-0.15, -0.1) is 24.0 Å². The highest BCUT2D eigenvalue weighted by atomic mass is 127. The molecule has 1 heterocycles. The molecule has 1 saturated heterocycles. The van der Waals surface area contributed by atoms with E-state index in [1.165, 1.54) is 25.6 Å². The van der Waals surface area contributed by atoms with Crippen molar-refractivity contribution in [3.8, 4) is 0 Å². The monoisotopic (exact) mass is 516 g/mol. The molecule has 0 radical (unpaired) electrons. The SMILES string of the molecule is CCCCN1CCC(NC(=NCC(C)(C)CCS(C)(=O)=O)NCC)CC1.I. The van der Waals surface area contributed by atoms with Gasteiger partial charge in [-0.3, -0.25) is 4.99 Å². The van der Waals surface area contributed by atoms with Crippen molar-refractivity contribution in [3.63, 3.8) is 0 Å². The largest absolute Gasteiger partial charge is 0.357 e. The fourth-order valence-corrected chi connectivity index (χ4v) is 3.95. The van der Waals surface area contributed by atoms with Crippen LogP contribution in [0, 0.1) is 5.41 Å². The maximum atomic E-state index is 11.4. The predicted octanol–water partition coefficient (Wildman–Crippen LogP) is 2.88. The summed E-state index contributed by atoms with van der Waals surface area (Å²) in [5.41, 5.74) is -0.130. The maximum absolute atomic E-state index is 11.4. The number of aliphatic imine (C=N–C) groups is 1. The minimum atomic E-state index is -2.93. The third kappa shape index (κ3) is 12.9. The Balaban J connectivity index is 0.00000676. The molecule has 0 aromatic rings. The summed E-state index contributed by atoms with van der Waals surface area (Å²) in [6.45, 7) is 13.4. The Hall–Kier alpha value is -0.0900. The second-order valence-electron chi connectivity index (χ2n) is 8.35. The Bertz CT molecular complexity index is 530. The minimum Gasteiger partial charge on any atom is -0.357 e. The summed E-state index contributed by atoms with van der Waals surface area (Å²) in [6.07, 6.45) is 6.75. The maximum Gasteiger partial charge on any atom is 0.191 e. The summed E-state index contributed by atoms with van der Waals surface area (Å²) in [4.78, 5) is 7.29. The second kappa shape index (κ2) is 13.2. The summed E-state index contributed by atoms with van der Waals surface area (Å²) in [7, 11) is -2.93. The number of piperidine rings is 1. The van der Waals surface area contributed by atoms with Crippen LogP contribution in [0.5, 0.6) is 0 Å². The molecule has 1 aliphatic heterocycles. The van der Waals surface area contributed by atoms with Crippen LogP contribution in [-0.2, 0) is 9.84 Å². The zero-order valence-electron chi connectivity index (χ0n) is 17.9. The highest BCUT2D eigenvalue weighted by Gasteiger charge is 2.22. The van der Waals surface area contributed by atoms with Gasteiger partial charge >= 0.3 is 0 Å². The van der Waals surface area contributed by atoms with E-state index in [1.54, 1.807) is 0 Å². The number of nitrogens with one attached hydrogen (secondary N) is 2. The Labute approximate surface area is 184 Å². The first-order valence-electron chi connectivity index (χ1n) is 10.1. The molecular formula is C19H41IN4O2S. The van der Waals surface area contributed by atoms with Gasteiger partial charge in [0.25, 0.3) is 0 Å². The zero-order chi connectivity index (χ0) is 19.6. The highest BCUT2D eigenvalue weighted by Crippen LogP contribution is 2.21. The van der Waals surface area contributed by atoms with E-state index in [9.17, 15) is 8.42 Å². The van der Waals surface area contributed by atoms with Crippen molar-refractivity contribution in [2.75, 3.05) is 44.7 Å². The van der Waals surface area contributed by atoms with Gasteiger partial charge in [0.2, 0.25) is 0 Å². The predicted molar refractivity (Wildman–Crippen MR) is 127 cm³/mol. The number of rotatable bonds is 10. The number of hydrogen-bond acceptors (Lipinski definition) is 4. The van der Waals surface area contributed by atoms with Crippen LogP contribution in [0.3, 0.4) is 0 Å². The molecule has 0 amide bonds. The third-order valence-electron chi connectivity index (χ3n) is 4.92. The first-order valence-corrected chi connectivity index (χ1v) is 12.2. The Kier molecular flexibility index (Phi) is 13.1. The summed E-state index contributed by atoms with van der Waals surface area (Å²) in [5.74, 6) is 1.07. The zero-order valence-corrected chi connectivity index (χ0v) is 21.0. The van der Waals surface area contributed by atoms with Crippen molar-refractivity contribution in [3.05, 3.63) is 0 Å². The van der Waals surface area contributed by atoms with Gasteiger partial charge < -0.3 is 15.5 Å². The van der Waals surface area contributed by atoms with Crippen LogP contribution in [-0.4, -0.2) is 70.1 Å². The number of sulfone groups is 1. The standard InChI is InChI=1S/C19H40N4O2S.HI/c1-6-8-12-23-13-9-17(10-14-23)22-18(20-7-2)21-16-19(3,4)11-15-26(5,24)25;/h17H,6-16H2,1-5H3,(H2,20,21,22);1H. The van der Waals surface area contributed by atoms with E-state index in [0.717, 1.165) is 38.4 Å². The molecule has 0 aromatic heterocycles. The lowest BCUT2D eigenvalue weighted by Gasteiger charge is -2.33. The van der Waals surface area contributed by atoms with Crippen molar-refractivity contribution in [1.29, 1.82) is 0 Å². The fraction of sp³-hybridized carbons (Fsp3) is 0.947. The molecule has 0 aliphatic carbocycles. The van der Waals surface area contributed by atoms with E-state index in [2.05, 4.69) is 43.2 Å². The summed E-state index contributed by atoms with van der Waals surface area (Å²) in [6, 6.07) is 0.463. The average Bonchev–Trinajstić information content (AvgIpc) is 2.57. The van der Waals surface area contributed by atoms with Crippen LogP contribution >= 0.6 is 24.0 Å². The molecule has 1 rings (SSSR count). The summed E-state index contributed by atoms with van der Waals surface area (Å²) < 4.78 is 22.8. The lowest BCUT2D eigenvalue weighted by Crippen LogP contribution is -2.49. The molecule has 162 valence electrons. The van der Waals surface area contributed by atoms with E-state index in [1.807, 2.05) is 0 Å². The van der Waals surface area contributed by atoms with E-state index in [0.29, 0.717) is 19.0 Å². The molecule has 27 heavy (non-hydrogen) atoms. The van der Waals surface area contributed by atoms with Crippen LogP contribution in [0.25, 0.3) is 0 Å². The molecule has 0 spiro atoms. The quantitative estimate of drug-likeness (QED) is 0.266. The van der Waals surface area contributed by atoms with Gasteiger partial charge in [0.1, 0.15) is 9.84 Å². The molecule has 0 aromatic carbocycles. The lowest BCUT2D eigenvalue weighted by molar-refractivity contribution is 0.203. The van der Waals surface area contributed by atoms with Crippen molar-refractivity contribution >= 4 is 39.8 Å². The number of halogens is 1. The highest BCUT2D eigenvalue weighted by molar-refractivity contribution is 14.0. The van der Waals surface area contributed by atoms with Gasteiger partial charge in [-0.05, 0) is 44.6 Å². The van der Waals surface area contributed by atoms with Crippen molar-refractivity contribution in [2.45, 2.75) is 65.8 Å². The number of nitrogens with zero attached hydrogens (tertiary/aromatic N) is 2. The molecule has 1 aliphatic rings. The Morgan fingerprint density at radius 2 is 1.85 bits per heavy atom. The van der Waals surface area contributed by atoms with Gasteiger partial charge in [-0.25, -0.2) is 8.42 Å². The second-order valence-corrected chi connectivity index (χ2v) is 10.6. The molecular weight excluding hydrogens is 475 g/mol. The smallest absolute Gasteiger partial charge is 0.191 e. The molecule has 1 fully saturated rings. The fourth-order valence-electron chi connectivity index (χ4n) is 3.03. The molecule has 2 N–H and O–H groups in total. The number of hydrogen-bond donors (Lipinski definition) is 2. The summed E-state index contributed by atoms with van der Waals surface area (Å²) >= 11 is 0.